The Morgan fingerprint density at radius 1 is 0.962 bits per heavy atom. The van der Waals surface area contributed by atoms with Crippen LogP contribution >= 0.6 is 0 Å². The van der Waals surface area contributed by atoms with Crippen molar-refractivity contribution in [2.24, 2.45) is 16.7 Å². The molecule has 1 aromatic rings. The molecule has 3 aliphatic carbocycles. The van der Waals surface area contributed by atoms with Crippen LogP contribution in [0.5, 0.6) is 0 Å². The topological polar surface area (TPSA) is 161 Å². The predicted octanol–water partition coefficient (Wildman–Crippen LogP) is 4.78. The number of Topliss-reactive ketones (excluding diaryl/α,β-unsaturated/α-hetero) is 1. The van der Waals surface area contributed by atoms with Crippen LogP contribution in [0.3, 0.4) is 0 Å². The number of hydrogen-bond acceptors (Lipinski definition) is 12. The summed E-state index contributed by atoms with van der Waals surface area (Å²) in [7, 11) is -2.53. The van der Waals surface area contributed by atoms with Crippen molar-refractivity contribution in [1.82, 2.24) is 0 Å². The zero-order chi connectivity index (χ0) is 38.2. The van der Waals surface area contributed by atoms with E-state index < -0.39 is 96.4 Å². The van der Waals surface area contributed by atoms with Gasteiger partial charge in [-0.25, -0.2) is 9.59 Å². The molecule has 1 aromatic carbocycles. The molecule has 0 radical (unpaired) electrons. The fourth-order valence-corrected chi connectivity index (χ4v) is 13.1. The maximum atomic E-state index is 15.8. The molecule has 6 rings (SSSR count). The Morgan fingerprint density at radius 3 is 2.13 bits per heavy atom. The number of aliphatic hydroxyl groups excluding tert-OH is 1. The van der Waals surface area contributed by atoms with E-state index in [9.17, 15) is 24.3 Å². The fourth-order valence-electron chi connectivity index (χ4n) is 10.1. The minimum Gasteiger partial charge on any atom is -0.454 e. The van der Waals surface area contributed by atoms with Gasteiger partial charge in [-0.2, -0.15) is 0 Å². The molecule has 2 heterocycles. The number of fused-ring (bicyclic) bond motifs is 4. The van der Waals surface area contributed by atoms with E-state index in [-0.39, 0.29) is 29.7 Å². The number of esters is 4. The number of rotatable bonds is 9. The van der Waals surface area contributed by atoms with E-state index in [1.807, 2.05) is 0 Å². The van der Waals surface area contributed by atoms with E-state index in [1.54, 1.807) is 58.0 Å². The molecule has 12 nitrogen and oxygen atoms in total. The molecule has 9 atom stereocenters. The Bertz CT molecular complexity index is 1740. The fraction of sp³-hybridized carbons (Fsp3) is 0.615. The molecule has 1 spiro atoms. The highest BCUT2D eigenvalue weighted by molar-refractivity contribution is 6.73. The SMILES string of the molecule is CC[Si](CC)(CC)O[C@H]1C[C@H]2OC[C@@]2(OC(C)=O)[C@H]2[C@H](OC(=O)c3ccccc3)[C@]34OC(=O)C=C3[C@H](O)C(C)=C([C@@H](OC(C)=O)C(=O)[C@]12C)C4(C)C. The van der Waals surface area contributed by atoms with Crippen molar-refractivity contribution in [1.29, 1.82) is 0 Å². The van der Waals surface area contributed by atoms with E-state index in [0.717, 1.165) is 18.1 Å². The van der Waals surface area contributed by atoms with Crippen molar-refractivity contribution in [2.75, 3.05) is 6.61 Å². The average Bonchev–Trinajstić information content (AvgIpc) is 3.47. The minimum atomic E-state index is -2.53. The van der Waals surface area contributed by atoms with Crippen LogP contribution in [0.2, 0.25) is 18.1 Å². The first-order valence-electron chi connectivity index (χ1n) is 18.2. The molecule has 52 heavy (non-hydrogen) atoms. The van der Waals surface area contributed by atoms with Gasteiger partial charge in [-0.15, -0.1) is 0 Å². The lowest BCUT2D eigenvalue weighted by molar-refractivity contribution is -0.340. The highest BCUT2D eigenvalue weighted by Gasteiger charge is 2.81. The number of ketones is 1. The molecule has 0 amide bonds. The van der Waals surface area contributed by atoms with Gasteiger partial charge in [-0.05, 0) is 55.3 Å². The van der Waals surface area contributed by atoms with Gasteiger partial charge in [-0.3, -0.25) is 14.4 Å². The second-order valence-corrected chi connectivity index (χ2v) is 20.3. The van der Waals surface area contributed by atoms with Gasteiger partial charge < -0.3 is 33.2 Å². The summed E-state index contributed by atoms with van der Waals surface area (Å²) >= 11 is 0. The van der Waals surface area contributed by atoms with Crippen molar-refractivity contribution >= 4 is 38.0 Å². The molecule has 2 bridgehead atoms. The summed E-state index contributed by atoms with van der Waals surface area (Å²) in [6.45, 7) is 15.2. The van der Waals surface area contributed by atoms with Crippen LogP contribution in [0.1, 0.15) is 79.1 Å². The zero-order valence-electron chi connectivity index (χ0n) is 31.4. The number of carbonyl (C=O) groups is 5. The first kappa shape index (κ1) is 38.1. The van der Waals surface area contributed by atoms with Gasteiger partial charge in [-0.1, -0.05) is 52.8 Å². The van der Waals surface area contributed by atoms with Gasteiger partial charge in [0.15, 0.2) is 37.5 Å². The molecular weight excluding hydrogens is 689 g/mol. The van der Waals surface area contributed by atoms with E-state index in [0.29, 0.717) is 5.57 Å². The summed E-state index contributed by atoms with van der Waals surface area (Å²) in [5.74, 6) is -4.85. The summed E-state index contributed by atoms with van der Waals surface area (Å²) < 4.78 is 38.8. The summed E-state index contributed by atoms with van der Waals surface area (Å²) in [6, 6.07) is 10.5. The monoisotopic (exact) mass is 738 g/mol. The van der Waals surface area contributed by atoms with E-state index in [1.165, 1.54) is 19.9 Å². The lowest BCUT2D eigenvalue weighted by atomic mass is 9.44. The molecule has 5 aliphatic rings. The first-order chi connectivity index (χ1) is 24.4. The summed E-state index contributed by atoms with van der Waals surface area (Å²) in [5.41, 5.74) is -5.90. The molecule has 1 saturated heterocycles. The minimum absolute atomic E-state index is 0.116. The highest BCUT2D eigenvalue weighted by atomic mass is 28.4. The van der Waals surface area contributed by atoms with Gasteiger partial charge in [0, 0.05) is 37.3 Å². The molecule has 2 saturated carbocycles. The predicted molar refractivity (Wildman–Crippen MR) is 188 cm³/mol. The average molecular weight is 739 g/mol. The second-order valence-electron chi connectivity index (χ2n) is 15.6. The van der Waals surface area contributed by atoms with Crippen LogP contribution in [0, 0.1) is 16.7 Å². The molecule has 3 fully saturated rings. The van der Waals surface area contributed by atoms with Crippen molar-refractivity contribution in [3.8, 4) is 0 Å². The largest absolute Gasteiger partial charge is 0.454 e. The lowest BCUT2D eigenvalue weighted by Crippen LogP contribution is -2.82. The van der Waals surface area contributed by atoms with Gasteiger partial charge in [0.2, 0.25) is 0 Å². The summed E-state index contributed by atoms with van der Waals surface area (Å²) in [6.07, 6.45) is -4.97. The Kier molecular flexibility index (Phi) is 9.54. The number of hydrogen-bond donors (Lipinski definition) is 1. The third-order valence-corrected chi connectivity index (χ3v) is 17.6. The zero-order valence-corrected chi connectivity index (χ0v) is 32.4. The van der Waals surface area contributed by atoms with Crippen molar-refractivity contribution in [3.63, 3.8) is 0 Å². The maximum absolute atomic E-state index is 15.8. The second kappa shape index (κ2) is 13.0. The number of aliphatic hydroxyl groups is 1. The lowest BCUT2D eigenvalue weighted by Gasteiger charge is -2.68. The van der Waals surface area contributed by atoms with Crippen LogP contribution in [0.25, 0.3) is 0 Å². The number of benzene rings is 1. The maximum Gasteiger partial charge on any atom is 0.338 e. The van der Waals surface area contributed by atoms with Crippen LogP contribution in [0.15, 0.2) is 53.1 Å². The molecule has 0 aromatic heterocycles. The first-order valence-corrected chi connectivity index (χ1v) is 20.7. The van der Waals surface area contributed by atoms with E-state index in [4.69, 9.17) is 28.1 Å². The smallest absolute Gasteiger partial charge is 0.338 e. The number of ether oxygens (including phenoxy) is 5. The van der Waals surface area contributed by atoms with Crippen molar-refractivity contribution < 1.29 is 57.2 Å². The highest BCUT2D eigenvalue weighted by Crippen LogP contribution is 2.67. The quantitative estimate of drug-likeness (QED) is 0.160. The van der Waals surface area contributed by atoms with Crippen LogP contribution < -0.4 is 0 Å². The molecule has 282 valence electrons. The van der Waals surface area contributed by atoms with E-state index in [2.05, 4.69) is 20.8 Å². The summed E-state index contributed by atoms with van der Waals surface area (Å²) in [4.78, 5) is 70.0. The molecule has 2 aliphatic heterocycles. The Hall–Kier alpha value is -3.65. The molecule has 1 N–H and O–H groups in total. The normalized spacial score (nSPS) is 36.1. The van der Waals surface area contributed by atoms with Gasteiger partial charge in [0.25, 0.3) is 0 Å². The third-order valence-electron chi connectivity index (χ3n) is 12.9. The van der Waals surface area contributed by atoms with Gasteiger partial charge in [0.05, 0.1) is 29.6 Å². The molecule has 13 heteroatoms. The molecule has 0 unspecified atom stereocenters. The van der Waals surface area contributed by atoms with Crippen molar-refractivity contribution in [3.05, 3.63) is 58.7 Å². The Morgan fingerprint density at radius 2 is 1.60 bits per heavy atom. The van der Waals surface area contributed by atoms with Gasteiger partial charge in [0.1, 0.15) is 12.2 Å². The van der Waals surface area contributed by atoms with Crippen molar-refractivity contribution in [2.45, 2.75) is 129 Å². The third kappa shape index (κ3) is 5.20. The Labute approximate surface area is 305 Å². The van der Waals surface area contributed by atoms with Gasteiger partial charge >= 0.3 is 23.9 Å². The van der Waals surface area contributed by atoms with Crippen LogP contribution in [0.4, 0.5) is 0 Å². The number of carbonyl (C=O) groups excluding carboxylic acids is 5. The standard InChI is InChI=1S/C39H50O12Si/c1-10-52(11-2,12-3)51-26-19-27-38(20-46-27,49-23(6)41)32-34(48-35(45)24-16-14-13-15-17-24)39-25(18-28(42)50-39)30(43)21(4)29(36(39,7)8)31(47-22(5)40)33(44)37(26,32)9/h13-18,26-27,30-32,34,43H,10-12,19-20H2,1-9H3/t26-,27+,30+,31+,32-,34-,37+,38-,39+/m0/s1. The van der Waals surface area contributed by atoms with E-state index >= 15 is 4.79 Å². The van der Waals surface area contributed by atoms with Crippen LogP contribution in [-0.2, 0) is 47.3 Å². The molecular formula is C39H50O12Si. The Balaban J connectivity index is 1.75. The summed E-state index contributed by atoms with van der Waals surface area (Å²) in [5, 5.41) is 12.0. The van der Waals surface area contributed by atoms with Crippen LogP contribution in [-0.4, -0.2) is 91.4 Å².